The Morgan fingerprint density at radius 3 is 2.16 bits per heavy atom. The van der Waals surface area contributed by atoms with Crippen LogP contribution in [0.3, 0.4) is 0 Å². The van der Waals surface area contributed by atoms with Gasteiger partial charge in [0.25, 0.3) is 5.91 Å². The van der Waals surface area contributed by atoms with Crippen molar-refractivity contribution >= 4 is 40.9 Å². The smallest absolute Gasteiger partial charge is 0.339 e. The fraction of sp³-hybridized carbons (Fsp3) is 0.0870. The number of aromatic hydroxyl groups is 1. The molecule has 0 fully saturated rings. The van der Waals surface area contributed by atoms with E-state index in [0.29, 0.717) is 11.3 Å². The third kappa shape index (κ3) is 6.10. The van der Waals surface area contributed by atoms with Crippen LogP contribution in [0.5, 0.6) is 5.75 Å². The summed E-state index contributed by atoms with van der Waals surface area (Å²) >= 11 is 1.30. The maximum absolute atomic E-state index is 12.3. The van der Waals surface area contributed by atoms with E-state index in [-0.39, 0.29) is 34.6 Å². The summed E-state index contributed by atoms with van der Waals surface area (Å²) < 4.78 is 0. The standard InChI is InChI=1S/C23H20N2O5S/c1-14-2-4-15(5-3-14)22(28)25-16-6-9-18(10-7-16)31-13-21(27)24-17-8-11-20(26)19(12-17)23(29)30/h2-12,26H,13H2,1H3,(H,24,27)(H,25,28)(H,29,30). The van der Waals surface area contributed by atoms with Gasteiger partial charge in [-0.2, -0.15) is 0 Å². The third-order valence-corrected chi connectivity index (χ3v) is 5.32. The van der Waals surface area contributed by atoms with E-state index in [1.807, 2.05) is 19.1 Å². The predicted molar refractivity (Wildman–Crippen MR) is 120 cm³/mol. The SMILES string of the molecule is Cc1ccc(C(=O)Nc2ccc(SCC(=O)Nc3ccc(O)c(C(=O)O)c3)cc2)cc1. The number of thioether (sulfide) groups is 1. The van der Waals surface area contributed by atoms with Crippen molar-refractivity contribution in [3.8, 4) is 5.75 Å². The molecule has 31 heavy (non-hydrogen) atoms. The fourth-order valence-electron chi connectivity index (χ4n) is 2.67. The lowest BCUT2D eigenvalue weighted by Gasteiger charge is -2.08. The average Bonchev–Trinajstić information content (AvgIpc) is 2.75. The number of rotatable bonds is 7. The molecule has 0 atom stereocenters. The first kappa shape index (κ1) is 21.9. The molecule has 0 unspecified atom stereocenters. The summed E-state index contributed by atoms with van der Waals surface area (Å²) in [5.41, 5.74) is 2.30. The van der Waals surface area contributed by atoms with Crippen LogP contribution in [0.25, 0.3) is 0 Å². The molecule has 8 heteroatoms. The molecule has 3 aromatic carbocycles. The van der Waals surface area contributed by atoms with Gasteiger partial charge < -0.3 is 20.8 Å². The number of aryl methyl sites for hydroxylation is 1. The predicted octanol–water partition coefficient (Wildman–Crippen LogP) is 4.38. The number of hydrogen-bond donors (Lipinski definition) is 4. The highest BCUT2D eigenvalue weighted by Gasteiger charge is 2.12. The Bertz CT molecular complexity index is 1110. The Morgan fingerprint density at radius 1 is 0.871 bits per heavy atom. The van der Waals surface area contributed by atoms with Gasteiger partial charge in [0.1, 0.15) is 11.3 Å². The van der Waals surface area contributed by atoms with Gasteiger partial charge in [0.2, 0.25) is 5.91 Å². The summed E-state index contributed by atoms with van der Waals surface area (Å²) in [6.45, 7) is 1.95. The van der Waals surface area contributed by atoms with Gasteiger partial charge in [-0.25, -0.2) is 4.79 Å². The highest BCUT2D eigenvalue weighted by molar-refractivity contribution is 8.00. The fourth-order valence-corrected chi connectivity index (χ4v) is 3.37. The van der Waals surface area contributed by atoms with E-state index in [0.717, 1.165) is 10.5 Å². The molecular weight excluding hydrogens is 416 g/mol. The van der Waals surface area contributed by atoms with Crippen LogP contribution in [0.1, 0.15) is 26.3 Å². The number of carboxylic acid groups (broad SMARTS) is 1. The minimum absolute atomic E-state index is 0.109. The molecule has 158 valence electrons. The van der Waals surface area contributed by atoms with Gasteiger partial charge in [-0.05, 0) is 61.5 Å². The minimum Gasteiger partial charge on any atom is -0.507 e. The van der Waals surface area contributed by atoms with E-state index in [4.69, 9.17) is 5.11 Å². The first-order chi connectivity index (χ1) is 14.8. The highest BCUT2D eigenvalue weighted by Crippen LogP contribution is 2.23. The zero-order chi connectivity index (χ0) is 22.4. The van der Waals surface area contributed by atoms with E-state index >= 15 is 0 Å². The first-order valence-electron chi connectivity index (χ1n) is 9.29. The number of phenols is 1. The van der Waals surface area contributed by atoms with Gasteiger partial charge in [0.05, 0.1) is 5.75 Å². The molecule has 0 saturated carbocycles. The van der Waals surface area contributed by atoms with E-state index in [2.05, 4.69) is 10.6 Å². The van der Waals surface area contributed by atoms with Crippen LogP contribution in [0, 0.1) is 6.92 Å². The van der Waals surface area contributed by atoms with Crippen LogP contribution in [0.15, 0.2) is 71.6 Å². The number of nitrogens with one attached hydrogen (secondary N) is 2. The molecule has 4 N–H and O–H groups in total. The van der Waals surface area contributed by atoms with E-state index in [1.165, 1.54) is 30.0 Å². The zero-order valence-electron chi connectivity index (χ0n) is 16.6. The topological polar surface area (TPSA) is 116 Å². The molecule has 3 aromatic rings. The monoisotopic (exact) mass is 436 g/mol. The number of carbonyl (C=O) groups excluding carboxylic acids is 2. The van der Waals surface area contributed by atoms with Gasteiger partial charge in [-0.15, -0.1) is 11.8 Å². The largest absolute Gasteiger partial charge is 0.507 e. The summed E-state index contributed by atoms with van der Waals surface area (Å²) in [6.07, 6.45) is 0. The first-order valence-corrected chi connectivity index (χ1v) is 10.3. The van der Waals surface area contributed by atoms with Gasteiger partial charge in [-0.3, -0.25) is 9.59 Å². The van der Waals surface area contributed by atoms with Crippen molar-refractivity contribution in [3.63, 3.8) is 0 Å². The molecule has 0 radical (unpaired) electrons. The van der Waals surface area contributed by atoms with Crippen molar-refractivity contribution < 1.29 is 24.6 Å². The molecule has 0 bridgehead atoms. The molecule has 0 aliphatic carbocycles. The molecule has 0 aromatic heterocycles. The van der Waals surface area contributed by atoms with Crippen LogP contribution in [0.4, 0.5) is 11.4 Å². The van der Waals surface area contributed by atoms with Gasteiger partial charge >= 0.3 is 5.97 Å². The minimum atomic E-state index is -1.28. The van der Waals surface area contributed by atoms with Crippen LogP contribution in [0.2, 0.25) is 0 Å². The second kappa shape index (κ2) is 9.82. The summed E-state index contributed by atoms with van der Waals surface area (Å²) in [5.74, 6) is -2.05. The summed E-state index contributed by atoms with van der Waals surface area (Å²) in [5, 5.41) is 24.0. The Balaban J connectivity index is 1.52. The van der Waals surface area contributed by atoms with Crippen LogP contribution < -0.4 is 10.6 Å². The zero-order valence-corrected chi connectivity index (χ0v) is 17.4. The highest BCUT2D eigenvalue weighted by atomic mass is 32.2. The molecule has 7 nitrogen and oxygen atoms in total. The van der Waals surface area contributed by atoms with Crippen molar-refractivity contribution in [1.82, 2.24) is 0 Å². The molecule has 0 spiro atoms. The Labute approximate surface area is 183 Å². The van der Waals surface area contributed by atoms with Crippen LogP contribution in [-0.4, -0.2) is 33.7 Å². The van der Waals surface area contributed by atoms with E-state index in [9.17, 15) is 19.5 Å². The number of aromatic carboxylic acids is 1. The molecule has 2 amide bonds. The molecule has 0 aliphatic heterocycles. The maximum Gasteiger partial charge on any atom is 0.339 e. The molecule has 0 heterocycles. The van der Waals surface area contributed by atoms with E-state index < -0.39 is 5.97 Å². The maximum atomic E-state index is 12.3. The average molecular weight is 436 g/mol. The number of amides is 2. The van der Waals surface area contributed by atoms with E-state index in [1.54, 1.807) is 36.4 Å². The number of carboxylic acids is 1. The van der Waals surface area contributed by atoms with Crippen LogP contribution >= 0.6 is 11.8 Å². The lowest BCUT2D eigenvalue weighted by Crippen LogP contribution is -2.14. The second-order valence-electron chi connectivity index (χ2n) is 6.72. The lowest BCUT2D eigenvalue weighted by atomic mass is 10.1. The van der Waals surface area contributed by atoms with Crippen molar-refractivity contribution in [2.45, 2.75) is 11.8 Å². The second-order valence-corrected chi connectivity index (χ2v) is 7.77. The number of benzene rings is 3. The summed E-state index contributed by atoms with van der Waals surface area (Å²) in [7, 11) is 0. The number of hydrogen-bond acceptors (Lipinski definition) is 5. The van der Waals surface area contributed by atoms with Crippen molar-refractivity contribution in [2.24, 2.45) is 0 Å². The quantitative estimate of drug-likeness (QED) is 0.323. The summed E-state index contributed by atoms with van der Waals surface area (Å²) in [4.78, 5) is 36.3. The van der Waals surface area contributed by atoms with Crippen molar-refractivity contribution in [2.75, 3.05) is 16.4 Å². The lowest BCUT2D eigenvalue weighted by molar-refractivity contribution is -0.113. The van der Waals surface area contributed by atoms with Gasteiger partial charge in [0.15, 0.2) is 0 Å². The van der Waals surface area contributed by atoms with Gasteiger partial charge in [0, 0.05) is 21.8 Å². The normalized spacial score (nSPS) is 10.4. The Hall–Kier alpha value is -3.78. The number of carbonyl (C=O) groups is 3. The third-order valence-electron chi connectivity index (χ3n) is 4.31. The summed E-state index contributed by atoms with van der Waals surface area (Å²) in [6, 6.07) is 18.2. The number of anilines is 2. The Kier molecular flexibility index (Phi) is 6.94. The molecule has 0 saturated heterocycles. The van der Waals surface area contributed by atoms with Crippen LogP contribution in [-0.2, 0) is 4.79 Å². The van der Waals surface area contributed by atoms with Crippen molar-refractivity contribution in [1.29, 1.82) is 0 Å². The van der Waals surface area contributed by atoms with Gasteiger partial charge in [-0.1, -0.05) is 17.7 Å². The Morgan fingerprint density at radius 2 is 1.52 bits per heavy atom. The molecule has 0 aliphatic rings. The van der Waals surface area contributed by atoms with Crippen molar-refractivity contribution in [3.05, 3.63) is 83.4 Å². The molecule has 3 rings (SSSR count). The molecular formula is C23H20N2O5S.